The van der Waals surface area contributed by atoms with Gasteiger partial charge in [-0.3, -0.25) is 15.1 Å². The van der Waals surface area contributed by atoms with E-state index in [1.165, 1.54) is 31.0 Å². The summed E-state index contributed by atoms with van der Waals surface area (Å²) in [5, 5.41) is 16.9. The van der Waals surface area contributed by atoms with Crippen LogP contribution in [0.3, 0.4) is 0 Å². The summed E-state index contributed by atoms with van der Waals surface area (Å²) in [5.41, 5.74) is -0.272. The van der Waals surface area contributed by atoms with Crippen molar-refractivity contribution in [3.05, 3.63) is 34.4 Å². The fourth-order valence-electron chi connectivity index (χ4n) is 2.35. The van der Waals surface area contributed by atoms with Crippen LogP contribution in [0.2, 0.25) is 0 Å². The molecule has 2 rings (SSSR count). The van der Waals surface area contributed by atoms with Crippen molar-refractivity contribution in [2.75, 3.05) is 39.9 Å². The summed E-state index contributed by atoms with van der Waals surface area (Å²) in [7, 11) is -2.19. The zero-order valence-corrected chi connectivity index (χ0v) is 19.4. The molecule has 3 N–H and O–H groups in total. The van der Waals surface area contributed by atoms with E-state index in [9.17, 15) is 18.5 Å². The summed E-state index contributed by atoms with van der Waals surface area (Å²) in [6.07, 6.45) is 3.41. The Bertz CT molecular complexity index is 786. The standard InChI is InChI=1S/C17H27N5O5S.HI/c1-18-17(19-8-3-11-27-13-14-6-7-14)20-9-10-21-28(25,26)16-5-2-4-15(12-16)22(23)24;/h2,4-5,12,14,21H,3,6-11,13H2,1H3,(H2,18,19,20);1H. The minimum Gasteiger partial charge on any atom is -0.381 e. The molecule has 0 aliphatic heterocycles. The number of hydrogen-bond donors (Lipinski definition) is 3. The van der Waals surface area contributed by atoms with Crippen molar-refractivity contribution in [2.24, 2.45) is 10.9 Å². The van der Waals surface area contributed by atoms with Gasteiger partial charge in [0.05, 0.1) is 9.82 Å². The lowest BCUT2D eigenvalue weighted by molar-refractivity contribution is -0.385. The Balaban J connectivity index is 0.00000420. The predicted molar refractivity (Wildman–Crippen MR) is 121 cm³/mol. The molecule has 1 aromatic rings. The highest BCUT2D eigenvalue weighted by atomic mass is 127. The van der Waals surface area contributed by atoms with Crippen molar-refractivity contribution in [2.45, 2.75) is 24.2 Å². The lowest BCUT2D eigenvalue weighted by Crippen LogP contribution is -2.42. The number of nitrogens with one attached hydrogen (secondary N) is 3. The molecule has 0 spiro atoms. The lowest BCUT2D eigenvalue weighted by atomic mass is 10.3. The number of sulfonamides is 1. The van der Waals surface area contributed by atoms with Gasteiger partial charge in [-0.2, -0.15) is 0 Å². The zero-order chi connectivity index (χ0) is 20.4. The molecule has 0 amide bonds. The molecule has 12 heteroatoms. The minimum absolute atomic E-state index is 0. The Morgan fingerprint density at radius 3 is 2.66 bits per heavy atom. The smallest absolute Gasteiger partial charge is 0.270 e. The lowest BCUT2D eigenvalue weighted by Gasteiger charge is -2.12. The number of ether oxygens (including phenoxy) is 1. The van der Waals surface area contributed by atoms with Crippen molar-refractivity contribution in [1.29, 1.82) is 0 Å². The van der Waals surface area contributed by atoms with E-state index in [2.05, 4.69) is 20.3 Å². The Hall–Kier alpha value is -1.51. The molecule has 1 saturated carbocycles. The van der Waals surface area contributed by atoms with E-state index in [4.69, 9.17) is 4.74 Å². The highest BCUT2D eigenvalue weighted by Gasteiger charge is 2.20. The van der Waals surface area contributed by atoms with E-state index in [1.54, 1.807) is 7.05 Å². The summed E-state index contributed by atoms with van der Waals surface area (Å²) < 4.78 is 32.4. The number of guanidine groups is 1. The van der Waals surface area contributed by atoms with Crippen LogP contribution < -0.4 is 15.4 Å². The Labute approximate surface area is 188 Å². The third kappa shape index (κ3) is 9.69. The molecule has 1 aliphatic carbocycles. The first kappa shape index (κ1) is 25.5. The van der Waals surface area contributed by atoms with Gasteiger partial charge in [-0.15, -0.1) is 24.0 Å². The average Bonchev–Trinajstić information content (AvgIpc) is 3.50. The van der Waals surface area contributed by atoms with Gasteiger partial charge in [-0.25, -0.2) is 13.1 Å². The van der Waals surface area contributed by atoms with Crippen molar-refractivity contribution < 1.29 is 18.1 Å². The second-order valence-corrected chi connectivity index (χ2v) is 8.22. The number of halogens is 1. The third-order valence-electron chi connectivity index (χ3n) is 4.08. The van der Waals surface area contributed by atoms with E-state index in [1.807, 2.05) is 0 Å². The van der Waals surface area contributed by atoms with E-state index >= 15 is 0 Å². The Morgan fingerprint density at radius 2 is 2.00 bits per heavy atom. The number of nitrogens with zero attached hydrogens (tertiary/aromatic N) is 2. The molecule has 0 aromatic heterocycles. The van der Waals surface area contributed by atoms with Gasteiger partial charge in [0.25, 0.3) is 5.69 Å². The monoisotopic (exact) mass is 541 g/mol. The van der Waals surface area contributed by atoms with Gasteiger partial charge in [-0.05, 0) is 31.2 Å². The molecular weight excluding hydrogens is 513 g/mol. The van der Waals surface area contributed by atoms with Crippen LogP contribution in [0.25, 0.3) is 0 Å². The number of non-ortho nitro benzene ring substituents is 1. The summed E-state index contributed by atoms with van der Waals surface area (Å²) in [4.78, 5) is 14.1. The van der Waals surface area contributed by atoms with E-state index < -0.39 is 14.9 Å². The van der Waals surface area contributed by atoms with Crippen LogP contribution in [-0.2, 0) is 14.8 Å². The number of rotatable bonds is 12. The maximum absolute atomic E-state index is 12.2. The summed E-state index contributed by atoms with van der Waals surface area (Å²) in [5.74, 6) is 1.32. The van der Waals surface area contributed by atoms with Gasteiger partial charge in [0.1, 0.15) is 0 Å². The first-order valence-corrected chi connectivity index (χ1v) is 10.7. The van der Waals surface area contributed by atoms with Crippen LogP contribution in [0.1, 0.15) is 19.3 Å². The van der Waals surface area contributed by atoms with Crippen molar-refractivity contribution in [3.8, 4) is 0 Å². The van der Waals surface area contributed by atoms with Gasteiger partial charge in [0, 0.05) is 52.0 Å². The second kappa shape index (κ2) is 12.9. The van der Waals surface area contributed by atoms with Crippen molar-refractivity contribution in [1.82, 2.24) is 15.4 Å². The molecule has 0 atom stereocenters. The molecular formula is C17H28IN5O5S. The first-order chi connectivity index (χ1) is 13.4. The van der Waals surface area contributed by atoms with E-state index in [0.717, 1.165) is 25.0 Å². The highest BCUT2D eigenvalue weighted by molar-refractivity contribution is 14.0. The van der Waals surface area contributed by atoms with Crippen molar-refractivity contribution >= 4 is 45.6 Å². The van der Waals surface area contributed by atoms with Crippen LogP contribution in [0.4, 0.5) is 5.69 Å². The minimum atomic E-state index is -3.82. The number of benzene rings is 1. The maximum atomic E-state index is 12.2. The largest absolute Gasteiger partial charge is 0.381 e. The van der Waals surface area contributed by atoms with Gasteiger partial charge < -0.3 is 15.4 Å². The highest BCUT2D eigenvalue weighted by Crippen LogP contribution is 2.28. The number of hydrogen-bond acceptors (Lipinski definition) is 6. The molecule has 29 heavy (non-hydrogen) atoms. The quantitative estimate of drug-likeness (QED) is 0.0911. The van der Waals surface area contributed by atoms with Gasteiger partial charge in [0.2, 0.25) is 10.0 Å². The Kier molecular flexibility index (Phi) is 11.4. The van der Waals surface area contributed by atoms with Crippen LogP contribution in [0, 0.1) is 16.0 Å². The topological polar surface area (TPSA) is 135 Å². The molecule has 10 nitrogen and oxygen atoms in total. The van der Waals surface area contributed by atoms with E-state index in [-0.39, 0.29) is 41.1 Å². The van der Waals surface area contributed by atoms with Gasteiger partial charge in [0.15, 0.2) is 5.96 Å². The van der Waals surface area contributed by atoms with E-state index in [0.29, 0.717) is 25.7 Å². The maximum Gasteiger partial charge on any atom is 0.270 e. The van der Waals surface area contributed by atoms with Gasteiger partial charge >= 0.3 is 0 Å². The molecule has 1 fully saturated rings. The number of aliphatic imine (C=N–C) groups is 1. The van der Waals surface area contributed by atoms with Gasteiger partial charge in [-0.1, -0.05) is 6.07 Å². The normalized spacial score (nSPS) is 14.2. The average molecular weight is 541 g/mol. The molecule has 0 bridgehead atoms. The second-order valence-electron chi connectivity index (χ2n) is 6.45. The van der Waals surface area contributed by atoms with Crippen molar-refractivity contribution in [3.63, 3.8) is 0 Å². The zero-order valence-electron chi connectivity index (χ0n) is 16.3. The molecule has 0 saturated heterocycles. The number of nitro benzene ring substituents is 1. The molecule has 164 valence electrons. The molecule has 1 aromatic carbocycles. The fourth-order valence-corrected chi connectivity index (χ4v) is 3.42. The predicted octanol–water partition coefficient (Wildman–Crippen LogP) is 1.47. The summed E-state index contributed by atoms with van der Waals surface area (Å²) in [6, 6.07) is 4.92. The fraction of sp³-hybridized carbons (Fsp3) is 0.588. The van der Waals surface area contributed by atoms with Crippen LogP contribution in [0.5, 0.6) is 0 Å². The molecule has 1 aliphatic rings. The van der Waals surface area contributed by atoms with Crippen LogP contribution in [0.15, 0.2) is 34.2 Å². The summed E-state index contributed by atoms with van der Waals surface area (Å²) in [6.45, 7) is 2.66. The number of nitro groups is 1. The van der Waals surface area contributed by atoms with Crippen LogP contribution >= 0.6 is 24.0 Å². The molecule has 0 unspecified atom stereocenters. The van der Waals surface area contributed by atoms with Crippen LogP contribution in [-0.4, -0.2) is 59.2 Å². The molecule has 0 radical (unpaired) electrons. The SMILES string of the molecule is CN=C(NCCCOCC1CC1)NCCNS(=O)(=O)c1cccc([N+](=O)[O-])c1.I. The summed E-state index contributed by atoms with van der Waals surface area (Å²) >= 11 is 0. The third-order valence-corrected chi connectivity index (χ3v) is 5.54. The Morgan fingerprint density at radius 1 is 1.28 bits per heavy atom. The first-order valence-electron chi connectivity index (χ1n) is 9.19. The molecule has 0 heterocycles.